The molecular formula is C27H51NO4. The van der Waals surface area contributed by atoms with Crippen molar-refractivity contribution in [1.29, 1.82) is 0 Å². The molecule has 0 aromatic heterocycles. The molecule has 2 radical (unpaired) electrons. The van der Waals surface area contributed by atoms with Gasteiger partial charge in [-0.15, -0.1) is 0 Å². The summed E-state index contributed by atoms with van der Waals surface area (Å²) in [5.41, 5.74) is 0. The van der Waals surface area contributed by atoms with Gasteiger partial charge in [0.25, 0.3) is 0 Å². The van der Waals surface area contributed by atoms with Crippen LogP contribution in [-0.2, 0) is 19.1 Å². The third kappa shape index (κ3) is 19.6. The molecule has 0 bridgehead atoms. The fourth-order valence-electron chi connectivity index (χ4n) is 3.88. The van der Waals surface area contributed by atoms with Crippen LogP contribution in [0.1, 0.15) is 117 Å². The predicted molar refractivity (Wildman–Crippen MR) is 133 cm³/mol. The zero-order valence-electron chi connectivity index (χ0n) is 21.4. The number of carbonyl (C=O) groups excluding carboxylic acids is 2. The molecule has 0 N–H and O–H groups in total. The Morgan fingerprint density at radius 3 is 1.75 bits per heavy atom. The number of hydrogen-bond acceptors (Lipinski definition) is 5. The second kappa shape index (κ2) is 21.7. The molecule has 0 aliphatic carbocycles. The van der Waals surface area contributed by atoms with Crippen LogP contribution in [0.3, 0.4) is 0 Å². The minimum absolute atomic E-state index is 0.158. The van der Waals surface area contributed by atoms with Gasteiger partial charge in [0.1, 0.15) is 12.2 Å². The highest BCUT2D eigenvalue weighted by molar-refractivity contribution is 5.70. The zero-order valence-corrected chi connectivity index (χ0v) is 21.4. The summed E-state index contributed by atoms with van der Waals surface area (Å²) in [6.07, 6.45) is 14.7. The molecule has 0 saturated heterocycles. The Kier molecular flexibility index (Phi) is 21.0. The van der Waals surface area contributed by atoms with Crippen LogP contribution in [0.25, 0.3) is 0 Å². The van der Waals surface area contributed by atoms with Crippen LogP contribution in [0.5, 0.6) is 0 Å². The smallest absolute Gasteiger partial charge is 0.306 e. The highest BCUT2D eigenvalue weighted by Gasteiger charge is 2.17. The Labute approximate surface area is 199 Å². The monoisotopic (exact) mass is 453 g/mol. The highest BCUT2D eigenvalue weighted by atomic mass is 16.5. The van der Waals surface area contributed by atoms with Gasteiger partial charge in [-0.3, -0.25) is 9.59 Å². The first-order valence-electron chi connectivity index (χ1n) is 13.2. The number of unbranched alkanes of at least 4 members (excludes halogenated alkanes) is 9. The lowest BCUT2D eigenvalue weighted by Gasteiger charge is -2.20. The average Bonchev–Trinajstić information content (AvgIpc) is 2.75. The summed E-state index contributed by atoms with van der Waals surface area (Å²) in [6, 6.07) is 0. The molecule has 0 aliphatic rings. The van der Waals surface area contributed by atoms with Crippen molar-refractivity contribution in [3.63, 3.8) is 0 Å². The topological polar surface area (TPSA) is 55.8 Å². The summed E-state index contributed by atoms with van der Waals surface area (Å²) < 4.78 is 10.8. The van der Waals surface area contributed by atoms with Crippen LogP contribution in [0, 0.1) is 13.8 Å². The van der Waals surface area contributed by atoms with Crippen LogP contribution in [-0.4, -0.2) is 48.7 Å². The number of ether oxygens (including phenoxy) is 2. The van der Waals surface area contributed by atoms with E-state index in [0.29, 0.717) is 12.8 Å². The SMILES string of the molecule is [CH2]C([CH2])OC(=O)CCC(CCCCCCCCCCCC)OC(=O)CCCN(CC)CC. The highest BCUT2D eigenvalue weighted by Crippen LogP contribution is 2.17. The molecular weight excluding hydrogens is 402 g/mol. The molecule has 0 aromatic rings. The van der Waals surface area contributed by atoms with Crippen molar-refractivity contribution in [2.24, 2.45) is 0 Å². The van der Waals surface area contributed by atoms with Crippen LogP contribution in [0.4, 0.5) is 0 Å². The Morgan fingerprint density at radius 1 is 0.688 bits per heavy atom. The maximum atomic E-state index is 12.3. The third-order valence-electron chi connectivity index (χ3n) is 5.90. The van der Waals surface area contributed by atoms with Gasteiger partial charge >= 0.3 is 11.9 Å². The number of nitrogens with zero attached hydrogens (tertiary/aromatic N) is 1. The van der Waals surface area contributed by atoms with Gasteiger partial charge in [0, 0.05) is 12.8 Å². The fraction of sp³-hybridized carbons (Fsp3) is 0.852. The Balaban J connectivity index is 4.22. The molecule has 1 atom stereocenters. The van der Waals surface area contributed by atoms with Crippen molar-refractivity contribution in [3.8, 4) is 0 Å². The molecule has 0 spiro atoms. The standard InChI is InChI=1S/C27H51NO4/c1-6-9-10-11-12-13-14-15-16-17-19-25(21-22-27(30)31-24(4)5)32-26(29)20-18-23-28(7-2)8-3/h24-25H,4-23H2,1-3H3. The van der Waals surface area contributed by atoms with E-state index in [1.165, 1.54) is 51.4 Å². The maximum absolute atomic E-state index is 12.3. The number of esters is 2. The van der Waals surface area contributed by atoms with Gasteiger partial charge in [-0.2, -0.15) is 0 Å². The van der Waals surface area contributed by atoms with E-state index >= 15 is 0 Å². The van der Waals surface area contributed by atoms with Crippen molar-refractivity contribution in [3.05, 3.63) is 13.8 Å². The number of carbonyl (C=O) groups is 2. The van der Waals surface area contributed by atoms with Crippen molar-refractivity contribution < 1.29 is 19.1 Å². The fourth-order valence-corrected chi connectivity index (χ4v) is 3.88. The van der Waals surface area contributed by atoms with Gasteiger partial charge < -0.3 is 14.4 Å². The molecule has 0 amide bonds. The van der Waals surface area contributed by atoms with Gasteiger partial charge in [-0.05, 0) is 59.2 Å². The van der Waals surface area contributed by atoms with E-state index in [1.54, 1.807) is 0 Å². The van der Waals surface area contributed by atoms with Crippen LogP contribution < -0.4 is 0 Å². The lowest BCUT2D eigenvalue weighted by atomic mass is 10.0. The predicted octanol–water partition coefficient (Wildman–Crippen LogP) is 6.69. The van der Waals surface area contributed by atoms with Gasteiger partial charge in [0.2, 0.25) is 0 Å². The summed E-state index contributed by atoms with van der Waals surface area (Å²) in [5.74, 6) is -0.486. The van der Waals surface area contributed by atoms with E-state index in [9.17, 15) is 9.59 Å². The summed E-state index contributed by atoms with van der Waals surface area (Å²) >= 11 is 0. The third-order valence-corrected chi connectivity index (χ3v) is 5.90. The summed E-state index contributed by atoms with van der Waals surface area (Å²) in [5, 5.41) is 0. The molecule has 0 rings (SSSR count). The average molecular weight is 454 g/mol. The quantitative estimate of drug-likeness (QED) is 0.135. The second-order valence-electron chi connectivity index (χ2n) is 8.86. The molecule has 5 nitrogen and oxygen atoms in total. The van der Waals surface area contributed by atoms with E-state index < -0.39 is 6.10 Å². The lowest BCUT2D eigenvalue weighted by Crippen LogP contribution is -2.25. The summed E-state index contributed by atoms with van der Waals surface area (Å²) in [6.45, 7) is 16.6. The largest absolute Gasteiger partial charge is 0.462 e. The van der Waals surface area contributed by atoms with Crippen LogP contribution in [0.2, 0.25) is 0 Å². The molecule has 0 aliphatic heterocycles. The normalized spacial score (nSPS) is 12.3. The van der Waals surface area contributed by atoms with Gasteiger partial charge in [0.05, 0.1) is 0 Å². The van der Waals surface area contributed by atoms with E-state index in [0.717, 1.165) is 45.3 Å². The minimum Gasteiger partial charge on any atom is -0.462 e. The molecule has 32 heavy (non-hydrogen) atoms. The summed E-state index contributed by atoms with van der Waals surface area (Å²) in [7, 11) is 0. The first kappa shape index (κ1) is 30.9. The Bertz CT molecular complexity index is 449. The molecule has 0 aromatic carbocycles. The Hall–Kier alpha value is -1.10. The molecule has 188 valence electrons. The van der Waals surface area contributed by atoms with Crippen molar-refractivity contribution in [2.75, 3.05) is 19.6 Å². The maximum Gasteiger partial charge on any atom is 0.306 e. The first-order valence-corrected chi connectivity index (χ1v) is 13.2. The van der Waals surface area contributed by atoms with E-state index in [2.05, 4.69) is 39.5 Å². The van der Waals surface area contributed by atoms with Crippen molar-refractivity contribution >= 4 is 11.9 Å². The lowest BCUT2D eigenvalue weighted by molar-refractivity contribution is -0.153. The van der Waals surface area contributed by atoms with Gasteiger partial charge in [-0.1, -0.05) is 78.6 Å². The molecule has 1 unspecified atom stereocenters. The molecule has 0 heterocycles. The van der Waals surface area contributed by atoms with Gasteiger partial charge in [-0.25, -0.2) is 0 Å². The van der Waals surface area contributed by atoms with Gasteiger partial charge in [0.15, 0.2) is 0 Å². The van der Waals surface area contributed by atoms with E-state index in [1.807, 2.05) is 0 Å². The first-order chi connectivity index (χ1) is 15.4. The minimum atomic E-state index is -0.606. The molecule has 5 heteroatoms. The van der Waals surface area contributed by atoms with Crippen LogP contribution >= 0.6 is 0 Å². The van der Waals surface area contributed by atoms with E-state index in [4.69, 9.17) is 9.47 Å². The van der Waals surface area contributed by atoms with E-state index in [-0.39, 0.29) is 24.5 Å². The van der Waals surface area contributed by atoms with Crippen molar-refractivity contribution in [1.82, 2.24) is 4.90 Å². The number of hydrogen-bond donors (Lipinski definition) is 0. The van der Waals surface area contributed by atoms with Crippen LogP contribution in [0.15, 0.2) is 0 Å². The molecule has 0 saturated carbocycles. The number of rotatable bonds is 22. The van der Waals surface area contributed by atoms with Crippen molar-refractivity contribution in [2.45, 2.75) is 129 Å². The Morgan fingerprint density at radius 2 is 1.22 bits per heavy atom. The zero-order chi connectivity index (χ0) is 24.0. The molecule has 0 fully saturated rings. The summed E-state index contributed by atoms with van der Waals surface area (Å²) in [4.78, 5) is 26.5. The second-order valence-corrected chi connectivity index (χ2v) is 8.86.